The average molecular weight is 292 g/mol. The summed E-state index contributed by atoms with van der Waals surface area (Å²) in [6.45, 7) is 0. The smallest absolute Gasteiger partial charge is 0.342 e. The second-order valence-corrected chi connectivity index (χ2v) is 5.07. The molecule has 0 N–H and O–H groups in total. The first kappa shape index (κ1) is 9.18. The number of ether oxygens (including phenoxy) is 1. The SMILES string of the molecule is O=C1OC(=O)C2=C1CCC(I)CC2. The van der Waals surface area contributed by atoms with Crippen LogP contribution >= 0.6 is 22.6 Å². The quantitative estimate of drug-likeness (QED) is 0.296. The summed E-state index contributed by atoms with van der Waals surface area (Å²) in [5, 5.41) is 0. The van der Waals surface area contributed by atoms with Crippen molar-refractivity contribution in [1.82, 2.24) is 0 Å². The van der Waals surface area contributed by atoms with E-state index in [0.29, 0.717) is 27.9 Å². The molecule has 0 bridgehead atoms. The predicted octanol–water partition coefficient (Wildman–Crippen LogP) is 1.74. The number of hydrogen-bond acceptors (Lipinski definition) is 3. The molecule has 0 aromatic heterocycles. The number of hydrogen-bond donors (Lipinski definition) is 0. The van der Waals surface area contributed by atoms with Gasteiger partial charge in [-0.3, -0.25) is 0 Å². The number of carbonyl (C=O) groups is 2. The van der Waals surface area contributed by atoms with Crippen LogP contribution in [0.2, 0.25) is 0 Å². The van der Waals surface area contributed by atoms with Crippen molar-refractivity contribution in [2.45, 2.75) is 29.6 Å². The molecule has 0 aromatic rings. The van der Waals surface area contributed by atoms with E-state index in [9.17, 15) is 9.59 Å². The van der Waals surface area contributed by atoms with Gasteiger partial charge in [-0.05, 0) is 25.7 Å². The van der Waals surface area contributed by atoms with E-state index >= 15 is 0 Å². The number of esters is 2. The maximum Gasteiger partial charge on any atom is 0.342 e. The standard InChI is InChI=1S/C9H9IO3/c10-5-1-3-6-7(4-2-5)9(12)13-8(6)11/h5H,1-4H2. The van der Waals surface area contributed by atoms with Gasteiger partial charge in [-0.25, -0.2) is 9.59 Å². The fourth-order valence-electron chi connectivity index (χ4n) is 1.71. The highest BCUT2D eigenvalue weighted by Gasteiger charge is 2.34. The van der Waals surface area contributed by atoms with E-state index in [1.54, 1.807) is 0 Å². The largest absolute Gasteiger partial charge is 0.386 e. The molecule has 0 aromatic carbocycles. The van der Waals surface area contributed by atoms with Crippen LogP contribution < -0.4 is 0 Å². The molecule has 2 aliphatic rings. The molecular formula is C9H9IO3. The normalized spacial score (nSPS) is 24.4. The fraction of sp³-hybridized carbons (Fsp3) is 0.556. The molecule has 3 nitrogen and oxygen atoms in total. The van der Waals surface area contributed by atoms with Gasteiger partial charge in [-0.1, -0.05) is 22.6 Å². The van der Waals surface area contributed by atoms with Gasteiger partial charge < -0.3 is 4.74 Å². The third-order valence-electron chi connectivity index (χ3n) is 2.46. The predicted molar refractivity (Wildman–Crippen MR) is 54.4 cm³/mol. The van der Waals surface area contributed by atoms with Crippen LogP contribution in [-0.4, -0.2) is 15.9 Å². The third-order valence-corrected chi connectivity index (χ3v) is 3.70. The molecule has 0 spiro atoms. The Labute approximate surface area is 89.7 Å². The summed E-state index contributed by atoms with van der Waals surface area (Å²) in [4.78, 5) is 22.4. The Hall–Kier alpha value is -0.390. The summed E-state index contributed by atoms with van der Waals surface area (Å²) in [7, 11) is 0. The lowest BCUT2D eigenvalue weighted by molar-refractivity contribution is -0.151. The van der Waals surface area contributed by atoms with Gasteiger partial charge in [-0.15, -0.1) is 0 Å². The van der Waals surface area contributed by atoms with Gasteiger partial charge in [0, 0.05) is 15.1 Å². The lowest BCUT2D eigenvalue weighted by Crippen LogP contribution is -2.05. The van der Waals surface area contributed by atoms with E-state index in [0.717, 1.165) is 12.8 Å². The van der Waals surface area contributed by atoms with Crippen LogP contribution in [0.1, 0.15) is 25.7 Å². The van der Waals surface area contributed by atoms with E-state index in [2.05, 4.69) is 27.3 Å². The minimum Gasteiger partial charge on any atom is -0.386 e. The molecule has 1 heterocycles. The lowest BCUT2D eigenvalue weighted by atomic mass is 10.1. The number of halogens is 1. The van der Waals surface area contributed by atoms with E-state index in [1.165, 1.54) is 0 Å². The third kappa shape index (κ3) is 1.63. The average Bonchev–Trinajstić information content (AvgIpc) is 2.27. The summed E-state index contributed by atoms with van der Waals surface area (Å²) in [5.74, 6) is -0.823. The van der Waals surface area contributed by atoms with Gasteiger partial charge in [0.05, 0.1) is 0 Å². The molecule has 4 heteroatoms. The Morgan fingerprint density at radius 1 is 1.08 bits per heavy atom. The molecule has 70 valence electrons. The van der Waals surface area contributed by atoms with E-state index in [-0.39, 0.29) is 0 Å². The molecule has 0 radical (unpaired) electrons. The van der Waals surface area contributed by atoms with Gasteiger partial charge in [0.25, 0.3) is 0 Å². The Kier molecular flexibility index (Phi) is 2.40. The van der Waals surface area contributed by atoms with E-state index in [1.807, 2.05) is 0 Å². The molecule has 2 rings (SSSR count). The summed E-state index contributed by atoms with van der Waals surface area (Å²) in [6, 6.07) is 0. The van der Waals surface area contributed by atoms with Crippen LogP contribution in [0, 0.1) is 0 Å². The van der Waals surface area contributed by atoms with E-state index < -0.39 is 11.9 Å². The molecule has 1 aliphatic carbocycles. The number of cyclic esters (lactones) is 2. The summed E-state index contributed by atoms with van der Waals surface area (Å²) in [6.07, 6.45) is 3.35. The monoisotopic (exact) mass is 292 g/mol. The molecule has 0 amide bonds. The molecule has 0 fully saturated rings. The van der Waals surface area contributed by atoms with Crippen LogP contribution in [0.25, 0.3) is 0 Å². The number of carbonyl (C=O) groups excluding carboxylic acids is 2. The molecule has 1 aliphatic heterocycles. The number of rotatable bonds is 0. The highest BCUT2D eigenvalue weighted by Crippen LogP contribution is 2.32. The molecule has 0 saturated heterocycles. The zero-order valence-corrected chi connectivity index (χ0v) is 9.17. The van der Waals surface area contributed by atoms with Crippen LogP contribution in [-0.2, 0) is 14.3 Å². The Morgan fingerprint density at radius 3 is 2.00 bits per heavy atom. The van der Waals surface area contributed by atoms with Crippen LogP contribution in [0.5, 0.6) is 0 Å². The zero-order valence-electron chi connectivity index (χ0n) is 7.01. The van der Waals surface area contributed by atoms with Crippen LogP contribution in [0.4, 0.5) is 0 Å². The van der Waals surface area contributed by atoms with Crippen molar-refractivity contribution >= 4 is 34.5 Å². The van der Waals surface area contributed by atoms with Crippen molar-refractivity contribution in [2.24, 2.45) is 0 Å². The Morgan fingerprint density at radius 2 is 1.54 bits per heavy atom. The molecular weight excluding hydrogens is 283 g/mol. The minimum absolute atomic E-state index is 0.412. The van der Waals surface area contributed by atoms with Gasteiger partial charge in [0.1, 0.15) is 0 Å². The topological polar surface area (TPSA) is 43.4 Å². The fourth-order valence-corrected chi connectivity index (χ4v) is 2.33. The maximum atomic E-state index is 11.2. The zero-order chi connectivity index (χ0) is 9.42. The maximum absolute atomic E-state index is 11.2. The van der Waals surface area contributed by atoms with Gasteiger partial charge in [0.15, 0.2) is 0 Å². The van der Waals surface area contributed by atoms with Crippen molar-refractivity contribution in [2.75, 3.05) is 0 Å². The van der Waals surface area contributed by atoms with Crippen molar-refractivity contribution in [3.63, 3.8) is 0 Å². The van der Waals surface area contributed by atoms with E-state index in [4.69, 9.17) is 0 Å². The van der Waals surface area contributed by atoms with Crippen molar-refractivity contribution < 1.29 is 14.3 Å². The lowest BCUT2D eigenvalue weighted by Gasteiger charge is -2.04. The van der Waals surface area contributed by atoms with Crippen LogP contribution in [0.15, 0.2) is 11.1 Å². The highest BCUT2D eigenvalue weighted by molar-refractivity contribution is 14.1. The summed E-state index contributed by atoms with van der Waals surface area (Å²) in [5.41, 5.74) is 1.26. The van der Waals surface area contributed by atoms with Crippen molar-refractivity contribution in [3.05, 3.63) is 11.1 Å². The minimum atomic E-state index is -0.412. The van der Waals surface area contributed by atoms with Gasteiger partial charge in [-0.2, -0.15) is 0 Å². The molecule has 13 heavy (non-hydrogen) atoms. The first-order chi connectivity index (χ1) is 6.18. The second-order valence-electron chi connectivity index (χ2n) is 3.31. The number of alkyl halides is 1. The molecule has 0 atom stereocenters. The van der Waals surface area contributed by atoms with Gasteiger partial charge in [0.2, 0.25) is 0 Å². The highest BCUT2D eigenvalue weighted by atomic mass is 127. The Balaban J connectivity index is 2.27. The van der Waals surface area contributed by atoms with Crippen LogP contribution in [0.3, 0.4) is 0 Å². The molecule has 0 saturated carbocycles. The first-order valence-corrected chi connectivity index (χ1v) is 5.55. The van der Waals surface area contributed by atoms with Gasteiger partial charge >= 0.3 is 11.9 Å². The second kappa shape index (κ2) is 3.40. The summed E-state index contributed by atoms with van der Waals surface area (Å²) < 4.78 is 5.12. The Bertz CT molecular complexity index is 278. The first-order valence-electron chi connectivity index (χ1n) is 4.31. The molecule has 0 unspecified atom stereocenters. The summed E-state index contributed by atoms with van der Waals surface area (Å²) >= 11 is 2.37. The van der Waals surface area contributed by atoms with Crippen molar-refractivity contribution in [1.29, 1.82) is 0 Å². The van der Waals surface area contributed by atoms with Crippen molar-refractivity contribution in [3.8, 4) is 0 Å².